The standard InChI is InChI=1S/C13H18ClN3O2/c1-13(2-4-19-5-3-13)8-17-12(18)10-6-9(15)7-16-11(10)14/h6-7H,2-5,8,15H2,1H3,(H,17,18). The highest BCUT2D eigenvalue weighted by molar-refractivity contribution is 6.32. The number of carbonyl (C=O) groups excluding carboxylic acids is 1. The fourth-order valence-corrected chi connectivity index (χ4v) is 2.24. The summed E-state index contributed by atoms with van der Waals surface area (Å²) in [5.74, 6) is -0.238. The van der Waals surface area contributed by atoms with Gasteiger partial charge in [-0.3, -0.25) is 4.79 Å². The fourth-order valence-electron chi connectivity index (χ4n) is 2.05. The summed E-state index contributed by atoms with van der Waals surface area (Å²) in [5, 5.41) is 3.07. The monoisotopic (exact) mass is 283 g/mol. The van der Waals surface area contributed by atoms with Gasteiger partial charge in [0.05, 0.1) is 17.4 Å². The van der Waals surface area contributed by atoms with Gasteiger partial charge in [-0.05, 0) is 24.3 Å². The van der Waals surface area contributed by atoms with Crippen molar-refractivity contribution >= 4 is 23.2 Å². The van der Waals surface area contributed by atoms with E-state index in [1.54, 1.807) is 0 Å². The molecule has 1 saturated heterocycles. The summed E-state index contributed by atoms with van der Waals surface area (Å²) < 4.78 is 5.33. The van der Waals surface area contributed by atoms with Crippen molar-refractivity contribution in [1.82, 2.24) is 10.3 Å². The Balaban J connectivity index is 1.99. The Morgan fingerprint density at radius 3 is 2.95 bits per heavy atom. The Morgan fingerprint density at radius 2 is 2.26 bits per heavy atom. The highest BCUT2D eigenvalue weighted by atomic mass is 35.5. The number of halogens is 1. The van der Waals surface area contributed by atoms with Gasteiger partial charge in [-0.2, -0.15) is 0 Å². The number of pyridine rings is 1. The van der Waals surface area contributed by atoms with Crippen molar-refractivity contribution in [2.75, 3.05) is 25.5 Å². The molecule has 0 spiro atoms. The number of hydrogen-bond donors (Lipinski definition) is 2. The molecule has 0 aliphatic carbocycles. The number of aromatic nitrogens is 1. The summed E-state index contributed by atoms with van der Waals surface area (Å²) >= 11 is 5.90. The molecule has 0 bridgehead atoms. The number of anilines is 1. The van der Waals surface area contributed by atoms with Crippen LogP contribution in [0.2, 0.25) is 5.15 Å². The first-order valence-electron chi connectivity index (χ1n) is 6.27. The first-order valence-corrected chi connectivity index (χ1v) is 6.65. The van der Waals surface area contributed by atoms with Crippen LogP contribution in [-0.4, -0.2) is 30.6 Å². The number of ether oxygens (including phenoxy) is 1. The largest absolute Gasteiger partial charge is 0.397 e. The maximum atomic E-state index is 12.1. The minimum absolute atomic E-state index is 0.0775. The SMILES string of the molecule is CC1(CNC(=O)c2cc(N)cnc2Cl)CCOCC1. The Bertz CT molecular complexity index is 473. The van der Waals surface area contributed by atoms with Crippen molar-refractivity contribution in [3.8, 4) is 0 Å². The molecule has 0 aromatic carbocycles. The number of hydrogen-bond acceptors (Lipinski definition) is 4. The molecule has 2 heterocycles. The molecule has 0 atom stereocenters. The molecule has 3 N–H and O–H groups in total. The Hall–Kier alpha value is -1.33. The fraction of sp³-hybridized carbons (Fsp3) is 0.538. The molecule has 0 radical (unpaired) electrons. The molecule has 5 nitrogen and oxygen atoms in total. The molecule has 1 amide bonds. The van der Waals surface area contributed by atoms with Crippen LogP contribution in [0.25, 0.3) is 0 Å². The average Bonchev–Trinajstić information content (AvgIpc) is 2.40. The van der Waals surface area contributed by atoms with E-state index >= 15 is 0 Å². The van der Waals surface area contributed by atoms with E-state index in [2.05, 4.69) is 17.2 Å². The molecule has 1 aliphatic heterocycles. The van der Waals surface area contributed by atoms with E-state index < -0.39 is 0 Å². The zero-order valence-electron chi connectivity index (χ0n) is 10.9. The number of rotatable bonds is 3. The minimum atomic E-state index is -0.238. The van der Waals surface area contributed by atoms with Crippen molar-refractivity contribution in [2.24, 2.45) is 5.41 Å². The van der Waals surface area contributed by atoms with Gasteiger partial charge in [0, 0.05) is 19.8 Å². The van der Waals surface area contributed by atoms with E-state index in [-0.39, 0.29) is 16.5 Å². The molecule has 0 saturated carbocycles. The molecule has 1 aliphatic rings. The zero-order chi connectivity index (χ0) is 13.9. The van der Waals surface area contributed by atoms with Crippen LogP contribution in [-0.2, 0) is 4.74 Å². The number of carbonyl (C=O) groups is 1. The molecule has 6 heteroatoms. The lowest BCUT2D eigenvalue weighted by molar-refractivity contribution is 0.0238. The van der Waals surface area contributed by atoms with E-state index in [1.165, 1.54) is 12.3 Å². The highest BCUT2D eigenvalue weighted by Gasteiger charge is 2.28. The van der Waals surface area contributed by atoms with E-state index in [0.717, 1.165) is 26.1 Å². The molecule has 0 unspecified atom stereocenters. The maximum absolute atomic E-state index is 12.1. The van der Waals surface area contributed by atoms with Crippen LogP contribution >= 0.6 is 11.6 Å². The van der Waals surface area contributed by atoms with Crippen LogP contribution in [0, 0.1) is 5.41 Å². The average molecular weight is 284 g/mol. The third-order valence-electron chi connectivity index (χ3n) is 3.48. The van der Waals surface area contributed by atoms with Gasteiger partial charge in [-0.1, -0.05) is 18.5 Å². The molecule has 104 valence electrons. The summed E-state index contributed by atoms with van der Waals surface area (Å²) in [4.78, 5) is 16.0. The molecule has 1 aromatic rings. The first kappa shape index (κ1) is 14.1. The summed E-state index contributed by atoms with van der Waals surface area (Å²) in [7, 11) is 0. The second kappa shape index (κ2) is 5.75. The van der Waals surface area contributed by atoms with Crippen LogP contribution in [0.4, 0.5) is 5.69 Å². The predicted octanol–water partition coefficient (Wildman–Crippen LogP) is 1.86. The maximum Gasteiger partial charge on any atom is 0.254 e. The normalized spacial score (nSPS) is 18.0. The van der Waals surface area contributed by atoms with Crippen molar-refractivity contribution in [1.29, 1.82) is 0 Å². The van der Waals surface area contributed by atoms with Gasteiger partial charge in [-0.15, -0.1) is 0 Å². The Kier molecular flexibility index (Phi) is 4.27. The Labute approximate surface area is 117 Å². The number of nitrogen functional groups attached to an aromatic ring is 1. The lowest BCUT2D eigenvalue weighted by atomic mass is 9.82. The number of amides is 1. The lowest BCUT2D eigenvalue weighted by Gasteiger charge is -2.33. The van der Waals surface area contributed by atoms with Crippen LogP contribution in [0.15, 0.2) is 12.3 Å². The summed E-state index contributed by atoms with van der Waals surface area (Å²) in [6.07, 6.45) is 3.31. The molecule has 1 fully saturated rings. The number of nitrogens with zero attached hydrogens (tertiary/aromatic N) is 1. The third-order valence-corrected chi connectivity index (χ3v) is 3.78. The molecule has 1 aromatic heterocycles. The van der Waals surface area contributed by atoms with E-state index in [4.69, 9.17) is 22.1 Å². The van der Waals surface area contributed by atoms with Crippen molar-refractivity contribution in [2.45, 2.75) is 19.8 Å². The predicted molar refractivity (Wildman–Crippen MR) is 74.2 cm³/mol. The molecule has 19 heavy (non-hydrogen) atoms. The van der Waals surface area contributed by atoms with E-state index in [0.29, 0.717) is 17.8 Å². The third kappa shape index (κ3) is 3.58. The molecular formula is C13H18ClN3O2. The van der Waals surface area contributed by atoms with Crippen LogP contribution < -0.4 is 11.1 Å². The second-order valence-corrected chi connectivity index (χ2v) is 5.57. The van der Waals surface area contributed by atoms with E-state index in [9.17, 15) is 4.79 Å². The molecular weight excluding hydrogens is 266 g/mol. The Morgan fingerprint density at radius 1 is 1.58 bits per heavy atom. The van der Waals surface area contributed by atoms with Gasteiger partial charge in [0.25, 0.3) is 5.91 Å². The van der Waals surface area contributed by atoms with Crippen LogP contribution in [0.1, 0.15) is 30.1 Å². The van der Waals surface area contributed by atoms with Gasteiger partial charge in [0.2, 0.25) is 0 Å². The van der Waals surface area contributed by atoms with Gasteiger partial charge in [0.1, 0.15) is 5.15 Å². The summed E-state index contributed by atoms with van der Waals surface area (Å²) in [6, 6.07) is 1.54. The van der Waals surface area contributed by atoms with Gasteiger partial charge < -0.3 is 15.8 Å². The molecule has 2 rings (SSSR count). The van der Waals surface area contributed by atoms with Crippen LogP contribution in [0.5, 0.6) is 0 Å². The van der Waals surface area contributed by atoms with Gasteiger partial charge in [0.15, 0.2) is 0 Å². The van der Waals surface area contributed by atoms with Gasteiger partial charge in [-0.25, -0.2) is 4.98 Å². The van der Waals surface area contributed by atoms with Crippen molar-refractivity contribution in [3.05, 3.63) is 23.0 Å². The first-order chi connectivity index (χ1) is 9.00. The quantitative estimate of drug-likeness (QED) is 0.830. The zero-order valence-corrected chi connectivity index (χ0v) is 11.7. The topological polar surface area (TPSA) is 77.2 Å². The van der Waals surface area contributed by atoms with E-state index in [1.807, 2.05) is 0 Å². The van der Waals surface area contributed by atoms with Crippen LogP contribution in [0.3, 0.4) is 0 Å². The smallest absolute Gasteiger partial charge is 0.254 e. The number of nitrogens with two attached hydrogens (primary N) is 1. The lowest BCUT2D eigenvalue weighted by Crippen LogP contribution is -2.39. The highest BCUT2D eigenvalue weighted by Crippen LogP contribution is 2.28. The number of nitrogens with one attached hydrogen (secondary N) is 1. The van der Waals surface area contributed by atoms with Crippen molar-refractivity contribution < 1.29 is 9.53 Å². The summed E-state index contributed by atoms with van der Waals surface area (Å²) in [5.41, 5.74) is 6.43. The summed E-state index contributed by atoms with van der Waals surface area (Å²) in [6.45, 7) is 4.23. The minimum Gasteiger partial charge on any atom is -0.397 e. The second-order valence-electron chi connectivity index (χ2n) is 5.21. The van der Waals surface area contributed by atoms with Gasteiger partial charge >= 0.3 is 0 Å². The van der Waals surface area contributed by atoms with Crippen molar-refractivity contribution in [3.63, 3.8) is 0 Å².